The lowest BCUT2D eigenvalue weighted by molar-refractivity contribution is 0.0906. The van der Waals surface area contributed by atoms with E-state index >= 15 is 4.39 Å². The number of hydrogen-bond acceptors (Lipinski definition) is 7. The number of hydrogen-bond donors (Lipinski definition) is 3. The maximum atomic E-state index is 15.1. The Morgan fingerprint density at radius 1 is 1.05 bits per heavy atom. The van der Waals surface area contributed by atoms with Crippen molar-refractivity contribution in [3.63, 3.8) is 0 Å². The van der Waals surface area contributed by atoms with Crippen molar-refractivity contribution in [2.75, 3.05) is 13.1 Å². The predicted octanol–water partition coefficient (Wildman–Crippen LogP) is 5.93. The first kappa shape index (κ1) is 29.3. The molecule has 1 aliphatic rings. The molecule has 0 spiro atoms. The van der Waals surface area contributed by atoms with E-state index in [-0.39, 0.29) is 30.3 Å². The molecule has 0 atom stereocenters. The number of nitrogens with zero attached hydrogens (tertiary/aromatic N) is 4. The van der Waals surface area contributed by atoms with Gasteiger partial charge in [0.05, 0.1) is 5.69 Å². The van der Waals surface area contributed by atoms with Crippen molar-refractivity contribution in [3.05, 3.63) is 83.4 Å². The topological polar surface area (TPSA) is 122 Å². The third kappa shape index (κ3) is 6.05. The van der Waals surface area contributed by atoms with Gasteiger partial charge in [-0.3, -0.25) is 9.89 Å². The first-order valence-corrected chi connectivity index (χ1v) is 13.8. The molecule has 1 fully saturated rings. The van der Waals surface area contributed by atoms with Crippen molar-refractivity contribution in [1.82, 2.24) is 36.0 Å². The molecule has 11 heteroatoms. The molecule has 0 aliphatic carbocycles. The molecule has 1 amide bonds. The van der Waals surface area contributed by atoms with Crippen molar-refractivity contribution in [2.45, 2.75) is 51.5 Å². The first-order valence-electron chi connectivity index (χ1n) is 13.8. The lowest BCUT2D eigenvalue weighted by atomic mass is 9.89. The van der Waals surface area contributed by atoms with Crippen LogP contribution in [-0.2, 0) is 12.0 Å². The van der Waals surface area contributed by atoms with E-state index in [0.29, 0.717) is 34.2 Å². The Kier molecular flexibility index (Phi) is 8.38. The van der Waals surface area contributed by atoms with E-state index in [4.69, 9.17) is 4.52 Å². The summed E-state index contributed by atoms with van der Waals surface area (Å²) in [5.74, 6) is -0.142. The third-order valence-corrected chi connectivity index (χ3v) is 7.54. The van der Waals surface area contributed by atoms with Gasteiger partial charge in [-0.15, -0.1) is 12.4 Å². The fraction of sp³-hybridized carbons (Fsp3) is 0.323. The van der Waals surface area contributed by atoms with Crippen LogP contribution in [0.2, 0.25) is 0 Å². The summed E-state index contributed by atoms with van der Waals surface area (Å²) in [6.07, 6.45) is 4.13. The molecule has 3 N–H and O–H groups in total. The Morgan fingerprint density at radius 3 is 2.48 bits per heavy atom. The van der Waals surface area contributed by atoms with Gasteiger partial charge in [0, 0.05) is 40.2 Å². The van der Waals surface area contributed by atoms with Crippen molar-refractivity contribution in [3.8, 4) is 22.4 Å². The summed E-state index contributed by atoms with van der Waals surface area (Å²) in [6, 6.07) is 15.6. The molecule has 5 aromatic rings. The van der Waals surface area contributed by atoms with Gasteiger partial charge in [0.15, 0.2) is 11.5 Å². The van der Waals surface area contributed by atoms with E-state index in [9.17, 15) is 4.79 Å². The lowest BCUT2D eigenvalue weighted by Crippen LogP contribution is -2.26. The summed E-state index contributed by atoms with van der Waals surface area (Å²) >= 11 is 0. The average Bonchev–Trinajstić information content (AvgIpc) is 3.65. The van der Waals surface area contributed by atoms with Crippen molar-refractivity contribution < 1.29 is 13.7 Å². The number of carbonyl (C=O) groups excluding carboxylic acids is 1. The number of H-pyrrole nitrogens is 1. The van der Waals surface area contributed by atoms with Crippen LogP contribution < -0.4 is 10.6 Å². The van der Waals surface area contributed by atoms with Crippen molar-refractivity contribution in [2.24, 2.45) is 0 Å². The second-order valence-electron chi connectivity index (χ2n) is 11.5. The zero-order valence-corrected chi connectivity index (χ0v) is 24.5. The largest absolute Gasteiger partial charge is 0.344 e. The maximum absolute atomic E-state index is 15.1. The van der Waals surface area contributed by atoms with Gasteiger partial charge in [0.1, 0.15) is 5.82 Å². The van der Waals surface area contributed by atoms with Crippen molar-refractivity contribution >= 4 is 29.3 Å². The second kappa shape index (κ2) is 12.0. The van der Waals surface area contributed by atoms with E-state index in [2.05, 4.69) is 60.2 Å². The summed E-state index contributed by atoms with van der Waals surface area (Å²) < 4.78 is 20.2. The smallest absolute Gasteiger partial charge is 0.315 e. The monoisotopic (exact) mass is 589 g/mol. The molecule has 42 heavy (non-hydrogen) atoms. The minimum atomic E-state index is -0.557. The van der Waals surface area contributed by atoms with Gasteiger partial charge < -0.3 is 15.2 Å². The van der Waals surface area contributed by atoms with Crippen LogP contribution in [0.4, 0.5) is 4.39 Å². The molecule has 4 heterocycles. The fourth-order valence-electron chi connectivity index (χ4n) is 5.10. The summed E-state index contributed by atoms with van der Waals surface area (Å²) in [4.78, 5) is 21.1. The minimum absolute atomic E-state index is 0. The number of rotatable bonds is 6. The second-order valence-corrected chi connectivity index (χ2v) is 11.5. The van der Waals surface area contributed by atoms with Crippen LogP contribution in [0.1, 0.15) is 67.2 Å². The van der Waals surface area contributed by atoms with Gasteiger partial charge in [-0.1, -0.05) is 62.3 Å². The molecule has 0 radical (unpaired) electrons. The van der Waals surface area contributed by atoms with Gasteiger partial charge in [-0.25, -0.2) is 9.37 Å². The molecular weight excluding hydrogens is 557 g/mol. The normalized spacial score (nSPS) is 14.1. The van der Waals surface area contributed by atoms with E-state index in [1.165, 1.54) is 11.6 Å². The van der Waals surface area contributed by atoms with Gasteiger partial charge in [0.2, 0.25) is 0 Å². The number of nitrogens with one attached hydrogen (secondary N) is 3. The highest BCUT2D eigenvalue weighted by Gasteiger charge is 2.24. The number of benzene rings is 2. The molecule has 218 valence electrons. The van der Waals surface area contributed by atoms with Crippen LogP contribution in [0.5, 0.6) is 0 Å². The van der Waals surface area contributed by atoms with E-state index in [1.807, 2.05) is 33.0 Å². The van der Waals surface area contributed by atoms with Crippen LogP contribution in [-0.4, -0.2) is 44.3 Å². The Balaban J connectivity index is 0.00000353. The molecule has 0 saturated carbocycles. The Hall–Kier alpha value is -4.15. The van der Waals surface area contributed by atoms with Gasteiger partial charge in [-0.2, -0.15) is 10.1 Å². The summed E-state index contributed by atoms with van der Waals surface area (Å²) in [6.45, 7) is 7.85. The van der Waals surface area contributed by atoms with E-state index < -0.39 is 11.7 Å². The van der Waals surface area contributed by atoms with E-state index in [1.54, 1.807) is 12.1 Å². The number of piperidine rings is 1. The van der Waals surface area contributed by atoms with Crippen LogP contribution in [0.3, 0.4) is 0 Å². The Labute approximate surface area is 249 Å². The van der Waals surface area contributed by atoms with Gasteiger partial charge in [0.25, 0.3) is 0 Å². The number of halogens is 2. The van der Waals surface area contributed by atoms with Crippen LogP contribution in [0.25, 0.3) is 33.4 Å². The third-order valence-electron chi connectivity index (χ3n) is 7.54. The summed E-state index contributed by atoms with van der Waals surface area (Å²) in [5, 5.41) is 18.1. The Morgan fingerprint density at radius 2 is 1.79 bits per heavy atom. The molecule has 1 aliphatic heterocycles. The highest BCUT2D eigenvalue weighted by molar-refractivity contribution is 5.93. The highest BCUT2D eigenvalue weighted by Crippen LogP contribution is 2.32. The molecule has 0 unspecified atom stereocenters. The van der Waals surface area contributed by atoms with Crippen molar-refractivity contribution in [1.29, 1.82) is 0 Å². The van der Waals surface area contributed by atoms with Crippen LogP contribution >= 0.6 is 12.4 Å². The lowest BCUT2D eigenvalue weighted by Gasteiger charge is -2.23. The SMILES string of the molecule is CC(C)(C)c1noc(C(=O)NCc2ccc(-c3[nH]nc4ncc(-c5ccc(C6CCNCC6)cc5)cc34)cc2F)n1.Cl. The minimum Gasteiger partial charge on any atom is -0.344 e. The Bertz CT molecular complexity index is 1700. The molecular formula is C31H33ClFN7O2. The summed E-state index contributed by atoms with van der Waals surface area (Å²) in [7, 11) is 0. The number of amides is 1. The zero-order valence-electron chi connectivity index (χ0n) is 23.7. The molecule has 2 aromatic carbocycles. The van der Waals surface area contributed by atoms with Crippen LogP contribution in [0.15, 0.2) is 59.3 Å². The highest BCUT2D eigenvalue weighted by atomic mass is 35.5. The number of carbonyl (C=O) groups is 1. The molecule has 9 nitrogen and oxygen atoms in total. The number of fused-ring (bicyclic) bond motifs is 1. The zero-order chi connectivity index (χ0) is 28.6. The maximum Gasteiger partial charge on any atom is 0.315 e. The van der Waals surface area contributed by atoms with E-state index in [0.717, 1.165) is 42.4 Å². The molecule has 1 saturated heterocycles. The van der Waals surface area contributed by atoms with Gasteiger partial charge >= 0.3 is 11.8 Å². The standard InChI is InChI=1S/C31H32FN7O2.ClH/c1-31(2,3)30-36-29(41-39-30)28(40)35-16-22-9-8-21(15-25(22)32)26-24-14-23(17-34-27(24)38-37-26)19-6-4-18(5-7-19)20-10-12-33-13-11-20;/h4-9,14-15,17,20,33H,10-13,16H2,1-3H3,(H,35,40)(H,34,37,38);1H. The molecule has 6 rings (SSSR count). The number of pyridine rings is 1. The summed E-state index contributed by atoms with van der Waals surface area (Å²) in [5.41, 5.74) is 5.24. The number of aromatic amines is 1. The van der Waals surface area contributed by atoms with Gasteiger partial charge in [-0.05, 0) is 55.1 Å². The first-order chi connectivity index (χ1) is 19.8. The predicted molar refractivity (Wildman–Crippen MR) is 161 cm³/mol. The quantitative estimate of drug-likeness (QED) is 0.224. The number of aromatic nitrogens is 5. The molecule has 3 aromatic heterocycles. The average molecular weight is 590 g/mol. The molecule has 0 bridgehead atoms. The fourth-order valence-corrected chi connectivity index (χ4v) is 5.10. The van der Waals surface area contributed by atoms with Crippen LogP contribution in [0, 0.1) is 5.82 Å².